The highest BCUT2D eigenvalue weighted by Crippen LogP contribution is 2.18. The lowest BCUT2D eigenvalue weighted by atomic mass is 10.2. The zero-order valence-electron chi connectivity index (χ0n) is 11.2. The van der Waals surface area contributed by atoms with Crippen LogP contribution in [0.1, 0.15) is 5.56 Å². The zero-order valence-corrected chi connectivity index (χ0v) is 12.0. The van der Waals surface area contributed by atoms with Crippen LogP contribution in [0.5, 0.6) is 0 Å². The second kappa shape index (κ2) is 6.19. The highest BCUT2D eigenvalue weighted by molar-refractivity contribution is 7.92. The molecule has 0 heterocycles. The lowest BCUT2D eigenvalue weighted by Gasteiger charge is -2.09. The van der Waals surface area contributed by atoms with Crippen LogP contribution in [-0.2, 0) is 16.6 Å². The summed E-state index contributed by atoms with van der Waals surface area (Å²) in [5.41, 5.74) is 0.764. The average Bonchev–Trinajstić information content (AvgIpc) is 2.38. The molecule has 0 aliphatic heterocycles. The summed E-state index contributed by atoms with van der Waals surface area (Å²) in [5.74, 6) is -1.70. The fourth-order valence-corrected chi connectivity index (χ4v) is 2.86. The molecule has 0 saturated carbocycles. The van der Waals surface area contributed by atoms with Crippen LogP contribution in [0.3, 0.4) is 0 Å². The minimum atomic E-state index is -3.88. The summed E-state index contributed by atoms with van der Waals surface area (Å²) in [7, 11) is -2.10. The first-order valence-electron chi connectivity index (χ1n) is 6.13. The van der Waals surface area contributed by atoms with E-state index in [1.807, 2.05) is 0 Å². The van der Waals surface area contributed by atoms with Gasteiger partial charge >= 0.3 is 0 Å². The second-order valence-electron chi connectivity index (χ2n) is 4.44. The first kappa shape index (κ1) is 15.4. The fraction of sp³-hybridized carbons (Fsp3) is 0.143. The minimum Gasteiger partial charge on any atom is -0.316 e. The van der Waals surface area contributed by atoms with Crippen molar-refractivity contribution < 1.29 is 17.2 Å². The molecule has 2 aromatic rings. The van der Waals surface area contributed by atoms with Gasteiger partial charge < -0.3 is 5.32 Å². The van der Waals surface area contributed by atoms with E-state index in [0.717, 1.165) is 17.7 Å². The van der Waals surface area contributed by atoms with Crippen LogP contribution in [0.2, 0.25) is 0 Å². The second-order valence-corrected chi connectivity index (χ2v) is 6.12. The molecule has 0 saturated heterocycles. The molecule has 21 heavy (non-hydrogen) atoms. The maximum absolute atomic E-state index is 13.1. The lowest BCUT2D eigenvalue weighted by molar-refractivity contribution is 0.584. The predicted octanol–water partition coefficient (Wildman–Crippen LogP) is 2.49. The molecule has 0 unspecified atom stereocenters. The molecule has 2 aromatic carbocycles. The van der Waals surface area contributed by atoms with E-state index in [9.17, 15) is 17.2 Å². The van der Waals surface area contributed by atoms with Gasteiger partial charge in [0.05, 0.1) is 10.6 Å². The van der Waals surface area contributed by atoms with E-state index in [1.54, 1.807) is 19.2 Å². The Morgan fingerprint density at radius 2 is 1.57 bits per heavy atom. The van der Waals surface area contributed by atoms with Crippen molar-refractivity contribution in [3.05, 3.63) is 59.7 Å². The van der Waals surface area contributed by atoms with Crippen molar-refractivity contribution in [1.82, 2.24) is 5.32 Å². The van der Waals surface area contributed by atoms with Gasteiger partial charge in [-0.2, -0.15) is 0 Å². The third-order valence-electron chi connectivity index (χ3n) is 2.73. The first-order chi connectivity index (χ1) is 9.90. The van der Waals surface area contributed by atoms with Gasteiger partial charge in [-0.3, -0.25) is 4.72 Å². The third-order valence-corrected chi connectivity index (χ3v) is 4.13. The molecule has 0 aliphatic carbocycles. The van der Waals surface area contributed by atoms with Crippen molar-refractivity contribution in [1.29, 1.82) is 0 Å². The smallest absolute Gasteiger partial charge is 0.261 e. The number of benzene rings is 2. The summed E-state index contributed by atoms with van der Waals surface area (Å²) < 4.78 is 52.5. The molecule has 4 nitrogen and oxygen atoms in total. The van der Waals surface area contributed by atoms with Crippen LogP contribution in [0.15, 0.2) is 47.4 Å². The van der Waals surface area contributed by atoms with Crippen molar-refractivity contribution in [2.24, 2.45) is 0 Å². The molecule has 7 heteroatoms. The molecular formula is C14H14F2N2O2S. The molecule has 0 aliphatic rings. The predicted molar refractivity (Wildman–Crippen MR) is 76.4 cm³/mol. The van der Waals surface area contributed by atoms with Crippen molar-refractivity contribution >= 4 is 15.7 Å². The average molecular weight is 312 g/mol. The molecule has 2 rings (SSSR count). The van der Waals surface area contributed by atoms with Gasteiger partial charge in [-0.1, -0.05) is 12.1 Å². The van der Waals surface area contributed by atoms with Crippen LogP contribution in [0.4, 0.5) is 14.5 Å². The van der Waals surface area contributed by atoms with E-state index < -0.39 is 21.7 Å². The maximum Gasteiger partial charge on any atom is 0.261 e. The molecule has 0 bridgehead atoms. The molecule has 0 amide bonds. The first-order valence-corrected chi connectivity index (χ1v) is 7.61. The van der Waals surface area contributed by atoms with Crippen LogP contribution in [0.25, 0.3) is 0 Å². The molecule has 0 atom stereocenters. The van der Waals surface area contributed by atoms with Gasteiger partial charge in [0.15, 0.2) is 0 Å². The van der Waals surface area contributed by atoms with Crippen LogP contribution >= 0.6 is 0 Å². The number of hydrogen-bond donors (Lipinski definition) is 2. The van der Waals surface area contributed by atoms with Crippen molar-refractivity contribution in [3.8, 4) is 0 Å². The Morgan fingerprint density at radius 1 is 1.00 bits per heavy atom. The van der Waals surface area contributed by atoms with E-state index in [0.29, 0.717) is 12.6 Å². The molecular weight excluding hydrogens is 298 g/mol. The Hall–Kier alpha value is -1.99. The molecule has 0 aromatic heterocycles. The molecule has 0 fully saturated rings. The number of sulfonamides is 1. The highest BCUT2D eigenvalue weighted by Gasteiger charge is 2.15. The van der Waals surface area contributed by atoms with Crippen LogP contribution < -0.4 is 10.0 Å². The Morgan fingerprint density at radius 3 is 2.10 bits per heavy atom. The van der Waals surface area contributed by atoms with Gasteiger partial charge in [-0.05, 0) is 36.9 Å². The van der Waals surface area contributed by atoms with Crippen LogP contribution in [0, 0.1) is 11.6 Å². The van der Waals surface area contributed by atoms with E-state index in [4.69, 9.17) is 0 Å². The highest BCUT2D eigenvalue weighted by atomic mass is 32.2. The van der Waals surface area contributed by atoms with Gasteiger partial charge in [0.2, 0.25) is 0 Å². The molecule has 0 spiro atoms. The standard InChI is InChI=1S/C14H14F2N2O2S/c1-17-9-10-2-4-14(5-3-10)21(19,20)18-13-7-11(15)6-12(16)8-13/h2-8,17-18H,9H2,1H3. The normalized spacial score (nSPS) is 11.4. The maximum atomic E-state index is 13.1. The Balaban J connectivity index is 2.25. The fourth-order valence-electron chi connectivity index (χ4n) is 1.82. The summed E-state index contributed by atoms with van der Waals surface area (Å²) >= 11 is 0. The quantitative estimate of drug-likeness (QED) is 0.892. The van der Waals surface area contributed by atoms with Gasteiger partial charge in [0.25, 0.3) is 10.0 Å². The van der Waals surface area contributed by atoms with E-state index in [1.165, 1.54) is 12.1 Å². The van der Waals surface area contributed by atoms with Gasteiger partial charge in [-0.15, -0.1) is 0 Å². The van der Waals surface area contributed by atoms with Gasteiger partial charge in [0, 0.05) is 12.6 Å². The minimum absolute atomic E-state index is 0.0204. The van der Waals surface area contributed by atoms with E-state index in [2.05, 4.69) is 10.0 Å². The number of anilines is 1. The number of halogens is 2. The number of hydrogen-bond acceptors (Lipinski definition) is 3. The summed E-state index contributed by atoms with van der Waals surface area (Å²) in [5, 5.41) is 2.95. The Bertz CT molecular complexity index is 711. The summed E-state index contributed by atoms with van der Waals surface area (Å²) in [6, 6.07) is 8.69. The van der Waals surface area contributed by atoms with Gasteiger partial charge in [-0.25, -0.2) is 17.2 Å². The zero-order chi connectivity index (χ0) is 15.5. The topological polar surface area (TPSA) is 58.2 Å². The summed E-state index contributed by atoms with van der Waals surface area (Å²) in [6.07, 6.45) is 0. The number of rotatable bonds is 5. The van der Waals surface area contributed by atoms with Gasteiger partial charge in [0.1, 0.15) is 11.6 Å². The lowest BCUT2D eigenvalue weighted by Crippen LogP contribution is -2.13. The monoisotopic (exact) mass is 312 g/mol. The largest absolute Gasteiger partial charge is 0.316 e. The third kappa shape index (κ3) is 3.99. The van der Waals surface area contributed by atoms with E-state index >= 15 is 0 Å². The molecule has 112 valence electrons. The molecule has 2 N–H and O–H groups in total. The van der Waals surface area contributed by atoms with Crippen molar-refractivity contribution in [3.63, 3.8) is 0 Å². The Kier molecular flexibility index (Phi) is 4.54. The summed E-state index contributed by atoms with van der Waals surface area (Å²) in [4.78, 5) is 0.0204. The van der Waals surface area contributed by atoms with E-state index in [-0.39, 0.29) is 10.6 Å². The van der Waals surface area contributed by atoms with Crippen LogP contribution in [-0.4, -0.2) is 15.5 Å². The summed E-state index contributed by atoms with van der Waals surface area (Å²) in [6.45, 7) is 0.614. The molecule has 0 radical (unpaired) electrons. The van der Waals surface area contributed by atoms with Crippen molar-refractivity contribution in [2.75, 3.05) is 11.8 Å². The van der Waals surface area contributed by atoms with Crippen molar-refractivity contribution in [2.45, 2.75) is 11.4 Å². The Labute approximate surface area is 121 Å². The SMILES string of the molecule is CNCc1ccc(S(=O)(=O)Nc2cc(F)cc(F)c2)cc1. The number of nitrogens with one attached hydrogen (secondary N) is 2.